The number of piperidine rings is 1. The van der Waals surface area contributed by atoms with Crippen molar-refractivity contribution in [2.75, 3.05) is 23.3 Å². The highest BCUT2D eigenvalue weighted by atomic mass is 19.1. The van der Waals surface area contributed by atoms with Crippen molar-refractivity contribution in [1.29, 1.82) is 0 Å². The minimum absolute atomic E-state index is 0.00902. The Morgan fingerprint density at radius 2 is 1.87 bits per heavy atom. The topological polar surface area (TPSA) is 67.2 Å². The SMILES string of the molecule is Cc1ccc(C)c(NC(=O)[C@@H]2CCCN(c3ccc(=O)n(-c4ccc(F)cc4)n3)C2)c1. The van der Waals surface area contributed by atoms with E-state index in [1.165, 1.54) is 35.0 Å². The number of rotatable bonds is 4. The second kappa shape index (κ2) is 8.71. The van der Waals surface area contributed by atoms with E-state index in [0.717, 1.165) is 36.2 Å². The Balaban J connectivity index is 1.52. The lowest BCUT2D eigenvalue weighted by Gasteiger charge is -2.33. The first-order chi connectivity index (χ1) is 14.9. The van der Waals surface area contributed by atoms with Crippen LogP contribution in [0.25, 0.3) is 5.69 Å². The lowest BCUT2D eigenvalue weighted by Crippen LogP contribution is -2.41. The third-order valence-electron chi connectivity index (χ3n) is 5.62. The number of hydrogen-bond donors (Lipinski definition) is 1. The molecule has 2 aromatic carbocycles. The number of aryl methyl sites for hydroxylation is 2. The molecule has 1 atom stereocenters. The van der Waals surface area contributed by atoms with Crippen molar-refractivity contribution in [3.8, 4) is 5.69 Å². The maximum absolute atomic E-state index is 13.2. The molecule has 160 valence electrons. The molecular formula is C24H25FN4O2. The fourth-order valence-electron chi connectivity index (χ4n) is 3.84. The van der Waals surface area contributed by atoms with E-state index in [2.05, 4.69) is 10.4 Å². The first-order valence-corrected chi connectivity index (χ1v) is 10.4. The number of carbonyl (C=O) groups is 1. The number of hydrogen-bond acceptors (Lipinski definition) is 4. The van der Waals surface area contributed by atoms with Gasteiger partial charge in [-0.2, -0.15) is 4.68 Å². The maximum atomic E-state index is 13.2. The summed E-state index contributed by atoms with van der Waals surface area (Å²) in [6.45, 7) is 5.25. The van der Waals surface area contributed by atoms with Gasteiger partial charge in [-0.25, -0.2) is 4.39 Å². The number of nitrogens with zero attached hydrogens (tertiary/aromatic N) is 3. The van der Waals surface area contributed by atoms with Crippen LogP contribution in [0, 0.1) is 25.6 Å². The molecule has 1 N–H and O–H groups in total. The van der Waals surface area contributed by atoms with Crippen LogP contribution < -0.4 is 15.8 Å². The van der Waals surface area contributed by atoms with Crippen molar-refractivity contribution in [3.05, 3.63) is 81.9 Å². The fourth-order valence-corrected chi connectivity index (χ4v) is 3.84. The van der Waals surface area contributed by atoms with Gasteiger partial charge in [0.1, 0.15) is 11.6 Å². The summed E-state index contributed by atoms with van der Waals surface area (Å²) in [7, 11) is 0. The molecule has 1 aliphatic heterocycles. The number of anilines is 2. The quantitative estimate of drug-likeness (QED) is 0.696. The first kappa shape index (κ1) is 20.8. The highest BCUT2D eigenvalue weighted by Crippen LogP contribution is 2.24. The molecule has 0 unspecified atom stereocenters. The molecule has 0 aliphatic carbocycles. The first-order valence-electron chi connectivity index (χ1n) is 10.4. The van der Waals surface area contributed by atoms with Gasteiger partial charge in [0.05, 0.1) is 11.6 Å². The molecule has 0 spiro atoms. The van der Waals surface area contributed by atoms with Gasteiger partial charge >= 0.3 is 0 Å². The van der Waals surface area contributed by atoms with Gasteiger partial charge in [-0.1, -0.05) is 12.1 Å². The largest absolute Gasteiger partial charge is 0.354 e. The van der Waals surface area contributed by atoms with Crippen molar-refractivity contribution in [3.63, 3.8) is 0 Å². The normalized spacial score (nSPS) is 16.2. The number of aromatic nitrogens is 2. The van der Waals surface area contributed by atoms with Gasteiger partial charge in [0.15, 0.2) is 0 Å². The number of benzene rings is 2. The van der Waals surface area contributed by atoms with E-state index in [4.69, 9.17) is 0 Å². The van der Waals surface area contributed by atoms with Crippen molar-refractivity contribution in [1.82, 2.24) is 9.78 Å². The smallest absolute Gasteiger partial charge is 0.271 e. The monoisotopic (exact) mass is 420 g/mol. The van der Waals surface area contributed by atoms with E-state index >= 15 is 0 Å². The molecule has 6 nitrogen and oxygen atoms in total. The highest BCUT2D eigenvalue weighted by molar-refractivity contribution is 5.93. The van der Waals surface area contributed by atoms with Crippen LogP contribution in [0.5, 0.6) is 0 Å². The zero-order valence-electron chi connectivity index (χ0n) is 17.6. The second-order valence-corrected chi connectivity index (χ2v) is 8.01. The van der Waals surface area contributed by atoms with Gasteiger partial charge < -0.3 is 10.2 Å². The van der Waals surface area contributed by atoms with Crippen molar-refractivity contribution < 1.29 is 9.18 Å². The summed E-state index contributed by atoms with van der Waals surface area (Å²) < 4.78 is 14.5. The van der Waals surface area contributed by atoms with E-state index < -0.39 is 0 Å². The number of nitrogens with one attached hydrogen (secondary N) is 1. The molecule has 1 aliphatic rings. The second-order valence-electron chi connectivity index (χ2n) is 8.01. The van der Waals surface area contributed by atoms with Gasteiger partial charge in [-0.3, -0.25) is 9.59 Å². The zero-order valence-corrected chi connectivity index (χ0v) is 17.6. The Morgan fingerprint density at radius 1 is 1.10 bits per heavy atom. The highest BCUT2D eigenvalue weighted by Gasteiger charge is 2.27. The van der Waals surface area contributed by atoms with Crippen LogP contribution in [0.4, 0.5) is 15.9 Å². The number of halogens is 1. The predicted molar refractivity (Wildman–Crippen MR) is 119 cm³/mol. The van der Waals surface area contributed by atoms with Crippen LogP contribution in [-0.2, 0) is 4.79 Å². The standard InChI is InChI=1S/C24H25FN4O2/c1-16-5-6-17(2)21(14-16)26-24(31)18-4-3-13-28(15-18)22-11-12-23(30)29(27-22)20-9-7-19(25)8-10-20/h5-12,14,18H,3-4,13,15H2,1-2H3,(H,26,31)/t18-/m1/s1. The average molecular weight is 420 g/mol. The van der Waals surface area contributed by atoms with E-state index in [1.54, 1.807) is 6.07 Å². The van der Waals surface area contributed by atoms with E-state index in [1.807, 2.05) is 36.9 Å². The van der Waals surface area contributed by atoms with Crippen LogP contribution in [-0.4, -0.2) is 28.8 Å². The van der Waals surface area contributed by atoms with Crippen molar-refractivity contribution >= 4 is 17.4 Å². The van der Waals surface area contributed by atoms with Crippen LogP contribution in [0.2, 0.25) is 0 Å². The Hall–Kier alpha value is -3.48. The summed E-state index contributed by atoms with van der Waals surface area (Å²) in [6.07, 6.45) is 1.65. The van der Waals surface area contributed by atoms with Gasteiger partial charge in [0, 0.05) is 24.8 Å². The average Bonchev–Trinajstić information content (AvgIpc) is 2.77. The minimum atomic E-state index is -0.373. The molecule has 1 aromatic heterocycles. The molecule has 0 saturated carbocycles. The molecular weight excluding hydrogens is 395 g/mol. The minimum Gasteiger partial charge on any atom is -0.354 e. The predicted octanol–water partition coefficient (Wildman–Crippen LogP) is 3.84. The summed E-state index contributed by atoms with van der Waals surface area (Å²) in [4.78, 5) is 27.3. The third kappa shape index (κ3) is 4.66. The van der Waals surface area contributed by atoms with Gasteiger partial charge in [0.2, 0.25) is 5.91 Å². The molecule has 2 heterocycles. The summed E-state index contributed by atoms with van der Waals surface area (Å²) in [5.74, 6) is 0.0572. The van der Waals surface area contributed by atoms with Gasteiger partial charge in [-0.05, 0) is 74.2 Å². The van der Waals surface area contributed by atoms with Crippen LogP contribution in [0.15, 0.2) is 59.4 Å². The fraction of sp³-hybridized carbons (Fsp3) is 0.292. The molecule has 1 fully saturated rings. The van der Waals surface area contributed by atoms with E-state index in [9.17, 15) is 14.0 Å². The summed E-state index contributed by atoms with van der Waals surface area (Å²) in [5, 5.41) is 7.54. The zero-order chi connectivity index (χ0) is 22.0. The molecule has 3 aromatic rings. The van der Waals surface area contributed by atoms with Crippen LogP contribution in [0.1, 0.15) is 24.0 Å². The number of carbonyl (C=O) groups excluding carboxylic acids is 1. The molecule has 4 rings (SSSR count). The van der Waals surface area contributed by atoms with Crippen LogP contribution >= 0.6 is 0 Å². The Kier molecular flexibility index (Phi) is 5.84. The molecule has 0 radical (unpaired) electrons. The molecule has 0 bridgehead atoms. The Labute approximate surface area is 180 Å². The van der Waals surface area contributed by atoms with Crippen molar-refractivity contribution in [2.24, 2.45) is 5.92 Å². The summed E-state index contributed by atoms with van der Waals surface area (Å²) in [5.41, 5.74) is 3.16. The molecule has 1 amide bonds. The van der Waals surface area contributed by atoms with E-state index in [-0.39, 0.29) is 23.2 Å². The third-order valence-corrected chi connectivity index (χ3v) is 5.62. The maximum Gasteiger partial charge on any atom is 0.271 e. The van der Waals surface area contributed by atoms with Gasteiger partial charge in [0.25, 0.3) is 5.56 Å². The Bertz CT molecular complexity index is 1160. The summed E-state index contributed by atoms with van der Waals surface area (Å²) in [6, 6.07) is 14.8. The summed E-state index contributed by atoms with van der Waals surface area (Å²) >= 11 is 0. The Morgan fingerprint density at radius 3 is 2.65 bits per heavy atom. The molecule has 7 heteroatoms. The van der Waals surface area contributed by atoms with Crippen molar-refractivity contribution in [2.45, 2.75) is 26.7 Å². The van der Waals surface area contributed by atoms with Gasteiger partial charge in [-0.15, -0.1) is 5.10 Å². The van der Waals surface area contributed by atoms with E-state index in [0.29, 0.717) is 18.1 Å². The molecule has 1 saturated heterocycles. The molecule has 31 heavy (non-hydrogen) atoms. The van der Waals surface area contributed by atoms with Crippen LogP contribution in [0.3, 0.4) is 0 Å². The lowest BCUT2D eigenvalue weighted by molar-refractivity contribution is -0.120. The number of amides is 1. The lowest BCUT2D eigenvalue weighted by atomic mass is 9.96.